The second kappa shape index (κ2) is 4.19. The van der Waals surface area contributed by atoms with Gasteiger partial charge in [0.2, 0.25) is 5.95 Å². The molecule has 84 valence electrons. The van der Waals surface area contributed by atoms with E-state index in [0.29, 0.717) is 5.95 Å². The van der Waals surface area contributed by atoms with Crippen LogP contribution in [0, 0.1) is 0 Å². The zero-order chi connectivity index (χ0) is 11.5. The van der Waals surface area contributed by atoms with E-state index in [1.54, 1.807) is 19.1 Å². The summed E-state index contributed by atoms with van der Waals surface area (Å²) >= 11 is 0. The molecule has 0 atom stereocenters. The van der Waals surface area contributed by atoms with Crippen molar-refractivity contribution >= 4 is 23.0 Å². The SMILES string of the molecule is CN(C)NC(=O)Nc1nc2ccccc2[nH]1. The Hall–Kier alpha value is -2.08. The van der Waals surface area contributed by atoms with Gasteiger partial charge in [-0.2, -0.15) is 0 Å². The molecule has 0 fully saturated rings. The zero-order valence-corrected chi connectivity index (χ0v) is 9.11. The summed E-state index contributed by atoms with van der Waals surface area (Å²) in [6.07, 6.45) is 0. The molecule has 6 nitrogen and oxygen atoms in total. The van der Waals surface area contributed by atoms with Crippen LogP contribution in [0.5, 0.6) is 0 Å². The van der Waals surface area contributed by atoms with E-state index in [2.05, 4.69) is 20.7 Å². The molecule has 0 unspecified atom stereocenters. The fourth-order valence-corrected chi connectivity index (χ4v) is 1.35. The molecule has 0 saturated carbocycles. The lowest BCUT2D eigenvalue weighted by Gasteiger charge is -2.11. The largest absolute Gasteiger partial charge is 0.336 e. The van der Waals surface area contributed by atoms with Crippen molar-refractivity contribution in [2.24, 2.45) is 0 Å². The Balaban J connectivity index is 2.12. The zero-order valence-electron chi connectivity index (χ0n) is 9.11. The van der Waals surface area contributed by atoms with E-state index >= 15 is 0 Å². The van der Waals surface area contributed by atoms with Crippen molar-refractivity contribution in [3.8, 4) is 0 Å². The molecule has 1 aromatic heterocycles. The van der Waals surface area contributed by atoms with Gasteiger partial charge in [-0.15, -0.1) is 0 Å². The highest BCUT2D eigenvalue weighted by Gasteiger charge is 2.06. The first-order chi connectivity index (χ1) is 7.65. The van der Waals surface area contributed by atoms with Crippen LogP contribution in [0.3, 0.4) is 0 Å². The summed E-state index contributed by atoms with van der Waals surface area (Å²) in [4.78, 5) is 18.6. The predicted octanol–water partition coefficient (Wildman–Crippen LogP) is 1.16. The fraction of sp³-hybridized carbons (Fsp3) is 0.200. The maximum Gasteiger partial charge on any atom is 0.336 e. The monoisotopic (exact) mass is 219 g/mol. The molecule has 6 heteroatoms. The van der Waals surface area contributed by atoms with Gasteiger partial charge in [-0.25, -0.2) is 14.8 Å². The first-order valence-electron chi connectivity index (χ1n) is 4.85. The number of anilines is 1. The number of hydrogen-bond acceptors (Lipinski definition) is 3. The number of rotatable bonds is 2. The summed E-state index contributed by atoms with van der Waals surface area (Å²) in [5.41, 5.74) is 4.27. The van der Waals surface area contributed by atoms with Gasteiger partial charge < -0.3 is 4.98 Å². The number of hydrogen-bond donors (Lipinski definition) is 3. The number of amides is 2. The number of H-pyrrole nitrogens is 1. The summed E-state index contributed by atoms with van der Waals surface area (Å²) in [6, 6.07) is 7.25. The summed E-state index contributed by atoms with van der Waals surface area (Å²) in [7, 11) is 3.47. The normalized spacial score (nSPS) is 10.7. The van der Waals surface area contributed by atoms with Gasteiger partial charge in [-0.3, -0.25) is 10.7 Å². The molecule has 0 aliphatic rings. The number of carbonyl (C=O) groups is 1. The van der Waals surface area contributed by atoms with Crippen LogP contribution in [0.4, 0.5) is 10.7 Å². The quantitative estimate of drug-likeness (QED) is 0.664. The van der Waals surface area contributed by atoms with E-state index in [9.17, 15) is 4.79 Å². The van der Waals surface area contributed by atoms with Gasteiger partial charge in [0.1, 0.15) is 0 Å². The third-order valence-electron chi connectivity index (χ3n) is 1.95. The Morgan fingerprint density at radius 3 is 2.81 bits per heavy atom. The van der Waals surface area contributed by atoms with E-state index in [1.807, 2.05) is 24.3 Å². The number of fused-ring (bicyclic) bond motifs is 1. The Labute approximate surface area is 92.6 Å². The minimum absolute atomic E-state index is 0.330. The molecule has 0 spiro atoms. The van der Waals surface area contributed by atoms with Crippen LogP contribution in [-0.4, -0.2) is 35.1 Å². The molecule has 1 heterocycles. The highest BCUT2D eigenvalue weighted by Crippen LogP contribution is 2.12. The number of nitrogens with zero attached hydrogens (tertiary/aromatic N) is 2. The average molecular weight is 219 g/mol. The molecule has 2 rings (SSSR count). The number of aromatic nitrogens is 2. The predicted molar refractivity (Wildman–Crippen MR) is 61.9 cm³/mol. The van der Waals surface area contributed by atoms with E-state index in [4.69, 9.17) is 0 Å². The maximum absolute atomic E-state index is 11.4. The van der Waals surface area contributed by atoms with Crippen molar-refractivity contribution in [3.05, 3.63) is 24.3 Å². The number of para-hydroxylation sites is 2. The summed E-state index contributed by atoms with van der Waals surface area (Å²) < 4.78 is 0. The highest BCUT2D eigenvalue weighted by molar-refractivity contribution is 5.89. The molecular weight excluding hydrogens is 206 g/mol. The van der Waals surface area contributed by atoms with Crippen molar-refractivity contribution < 1.29 is 4.79 Å². The number of urea groups is 1. The van der Waals surface area contributed by atoms with Crippen LogP contribution in [-0.2, 0) is 0 Å². The summed E-state index contributed by atoms with van der Waals surface area (Å²) in [6.45, 7) is 0. The van der Waals surface area contributed by atoms with Crippen LogP contribution in [0.15, 0.2) is 24.3 Å². The second-order valence-corrected chi connectivity index (χ2v) is 3.56. The topological polar surface area (TPSA) is 73.1 Å². The molecule has 0 radical (unpaired) electrons. The number of aromatic amines is 1. The Morgan fingerprint density at radius 1 is 1.38 bits per heavy atom. The Bertz CT molecular complexity index is 472. The lowest BCUT2D eigenvalue weighted by atomic mass is 10.3. The smallest absolute Gasteiger partial charge is 0.324 e. The van der Waals surface area contributed by atoms with Gasteiger partial charge in [-0.05, 0) is 12.1 Å². The molecule has 0 bridgehead atoms. The molecule has 1 aromatic carbocycles. The van der Waals surface area contributed by atoms with Crippen LogP contribution in [0.1, 0.15) is 0 Å². The summed E-state index contributed by atoms with van der Waals surface area (Å²) in [5, 5.41) is 4.16. The molecule has 0 aliphatic carbocycles. The average Bonchev–Trinajstić information content (AvgIpc) is 2.57. The number of imidazole rings is 1. The molecule has 3 N–H and O–H groups in total. The van der Waals surface area contributed by atoms with Gasteiger partial charge in [-0.1, -0.05) is 12.1 Å². The van der Waals surface area contributed by atoms with Gasteiger partial charge in [0.25, 0.3) is 0 Å². The second-order valence-electron chi connectivity index (χ2n) is 3.56. The van der Waals surface area contributed by atoms with Crippen molar-refractivity contribution in [2.75, 3.05) is 19.4 Å². The van der Waals surface area contributed by atoms with Crippen LogP contribution >= 0.6 is 0 Å². The molecule has 2 aromatic rings. The Morgan fingerprint density at radius 2 is 2.12 bits per heavy atom. The third kappa shape index (κ3) is 2.29. The standard InChI is InChI=1S/C10H13N5O/c1-15(2)14-10(16)13-9-11-7-5-3-4-6-8(7)12-9/h3-6H,1-2H3,(H3,11,12,13,14,16). The Kier molecular flexibility index (Phi) is 2.74. The highest BCUT2D eigenvalue weighted by atomic mass is 16.2. The molecule has 2 amide bonds. The first kappa shape index (κ1) is 10.4. The van der Waals surface area contributed by atoms with Gasteiger partial charge >= 0.3 is 6.03 Å². The van der Waals surface area contributed by atoms with Crippen LogP contribution < -0.4 is 10.7 Å². The fourth-order valence-electron chi connectivity index (χ4n) is 1.35. The molecular formula is C10H13N5O. The van der Waals surface area contributed by atoms with Crippen LogP contribution in [0.2, 0.25) is 0 Å². The van der Waals surface area contributed by atoms with Crippen molar-refractivity contribution in [1.29, 1.82) is 0 Å². The number of carbonyl (C=O) groups excluding carboxylic acids is 1. The van der Waals surface area contributed by atoms with Crippen molar-refractivity contribution in [2.45, 2.75) is 0 Å². The van der Waals surface area contributed by atoms with E-state index in [0.717, 1.165) is 11.0 Å². The lowest BCUT2D eigenvalue weighted by molar-refractivity contribution is 0.224. The third-order valence-corrected chi connectivity index (χ3v) is 1.95. The molecule has 0 aliphatic heterocycles. The van der Waals surface area contributed by atoms with E-state index in [1.165, 1.54) is 0 Å². The van der Waals surface area contributed by atoms with Gasteiger partial charge in [0.15, 0.2) is 0 Å². The number of benzene rings is 1. The summed E-state index contributed by atoms with van der Waals surface area (Å²) in [5.74, 6) is 0.431. The van der Waals surface area contributed by atoms with Crippen LogP contribution in [0.25, 0.3) is 11.0 Å². The van der Waals surface area contributed by atoms with Gasteiger partial charge in [0, 0.05) is 14.1 Å². The van der Waals surface area contributed by atoms with Crippen molar-refractivity contribution in [1.82, 2.24) is 20.4 Å². The minimum atomic E-state index is -0.330. The van der Waals surface area contributed by atoms with E-state index in [-0.39, 0.29) is 6.03 Å². The maximum atomic E-state index is 11.4. The molecule has 16 heavy (non-hydrogen) atoms. The molecule has 0 saturated heterocycles. The number of nitrogens with one attached hydrogen (secondary N) is 3. The minimum Gasteiger partial charge on any atom is -0.324 e. The number of hydrazine groups is 1. The van der Waals surface area contributed by atoms with Gasteiger partial charge in [0.05, 0.1) is 11.0 Å². The van der Waals surface area contributed by atoms with Crippen molar-refractivity contribution in [3.63, 3.8) is 0 Å². The first-order valence-corrected chi connectivity index (χ1v) is 4.85. The lowest BCUT2D eigenvalue weighted by Crippen LogP contribution is -2.39. The van der Waals surface area contributed by atoms with E-state index < -0.39 is 0 Å².